The minimum Gasteiger partial charge on any atom is -0.192 e. The van der Waals surface area contributed by atoms with Gasteiger partial charge in [-0.05, 0) is 12.8 Å². The average Bonchev–Trinajstić information content (AvgIpc) is 2.81. The Labute approximate surface area is 194 Å². The molecule has 168 valence electrons. The van der Waals surface area contributed by atoms with Crippen molar-refractivity contribution in [2.75, 3.05) is 0 Å². The Balaban J connectivity index is 2.42. The summed E-state index contributed by atoms with van der Waals surface area (Å²) in [5, 5.41) is 38.4. The van der Waals surface area contributed by atoms with Crippen LogP contribution in [0.15, 0.2) is 0 Å². The Morgan fingerprint density at radius 3 is 1.25 bits per heavy atom. The molecule has 0 N–H and O–H groups in total. The smallest absolute Gasteiger partial charge is 0.101 e. The van der Waals surface area contributed by atoms with Crippen molar-refractivity contribution in [3.05, 3.63) is 32.7 Å². The molecule has 4 nitrogen and oxygen atoms in total. The molecular weight excluding hydrogens is 392 g/mol. The van der Waals surface area contributed by atoms with Gasteiger partial charge in [0.2, 0.25) is 0 Å². The van der Waals surface area contributed by atoms with Crippen LogP contribution >= 0.6 is 0 Å². The molecule has 0 aliphatic carbocycles. The molecule has 0 spiro atoms. The summed E-state index contributed by atoms with van der Waals surface area (Å²) in [6, 6.07) is 8.00. The van der Waals surface area contributed by atoms with E-state index in [-0.39, 0.29) is 27.5 Å². The lowest BCUT2D eigenvalue weighted by molar-refractivity contribution is 0.537. The van der Waals surface area contributed by atoms with Gasteiger partial charge in [-0.2, -0.15) is 21.0 Å². The first-order valence-electron chi connectivity index (χ1n) is 12.2. The second kappa shape index (κ2) is 16.6. The number of benzene rings is 1. The Hall–Kier alpha value is -3.08. The average molecular weight is 429 g/mol. The first-order chi connectivity index (χ1) is 15.7. The van der Waals surface area contributed by atoms with Crippen LogP contribution in [0.25, 0.3) is 12.7 Å². The van der Waals surface area contributed by atoms with Gasteiger partial charge in [-0.15, -0.1) is 0 Å². The number of hydrogen-bond donors (Lipinski definition) is 0. The van der Waals surface area contributed by atoms with Crippen LogP contribution in [-0.2, 0) is 0 Å². The highest BCUT2D eigenvalue weighted by molar-refractivity contribution is 5.61. The lowest BCUT2D eigenvalue weighted by Gasteiger charge is -2.05. The lowest BCUT2D eigenvalue weighted by atomic mass is 9.94. The Kier molecular flexibility index (Phi) is 14.0. The molecule has 1 rings (SSSR count). The first kappa shape index (κ1) is 27.0. The van der Waals surface area contributed by atoms with E-state index in [4.69, 9.17) is 0 Å². The third-order valence-corrected chi connectivity index (χ3v) is 6.00. The summed E-state index contributed by atoms with van der Waals surface area (Å²) >= 11 is 0. The second-order valence-corrected chi connectivity index (χ2v) is 8.43. The molecule has 0 unspecified atom stereocenters. The third-order valence-electron chi connectivity index (χ3n) is 6.00. The summed E-state index contributed by atoms with van der Waals surface area (Å²) < 4.78 is 0. The highest BCUT2D eigenvalue weighted by Gasteiger charge is 2.15. The number of nitrogens with zero attached hydrogens (tertiary/aromatic N) is 4. The number of unbranched alkanes of at least 4 members (excludes halogenated alkanes) is 14. The molecule has 0 fully saturated rings. The number of nitriles is 4. The summed E-state index contributed by atoms with van der Waals surface area (Å²) in [6.07, 6.45) is 20.6. The minimum absolute atomic E-state index is 0.0928. The van der Waals surface area contributed by atoms with E-state index in [9.17, 15) is 21.0 Å². The maximum atomic E-state index is 9.52. The molecule has 0 saturated carbocycles. The standard InChI is InChI=1S/C28H36N4/c1-3-4-5-6-7-8-9-10-11-12-13-14-15-16-17-18-24-27(21-31)25(19-29)23(2)26(20-30)28(24)22-32/h18H,2-17H2,1H3. The summed E-state index contributed by atoms with van der Waals surface area (Å²) in [6.45, 7) is 5.99. The van der Waals surface area contributed by atoms with Crippen molar-refractivity contribution in [1.29, 1.82) is 21.0 Å². The van der Waals surface area contributed by atoms with Crippen molar-refractivity contribution in [2.24, 2.45) is 0 Å². The quantitative estimate of drug-likeness (QED) is 0.309. The van der Waals surface area contributed by atoms with Gasteiger partial charge in [0.15, 0.2) is 0 Å². The Morgan fingerprint density at radius 2 is 0.906 bits per heavy atom. The van der Waals surface area contributed by atoms with Gasteiger partial charge in [-0.1, -0.05) is 103 Å². The maximum Gasteiger partial charge on any atom is 0.101 e. The molecule has 0 heterocycles. The van der Waals surface area contributed by atoms with Crippen molar-refractivity contribution in [3.8, 4) is 24.3 Å². The van der Waals surface area contributed by atoms with Gasteiger partial charge in [-0.3, -0.25) is 0 Å². The van der Waals surface area contributed by atoms with E-state index < -0.39 is 0 Å². The molecule has 0 saturated heterocycles. The molecule has 0 aliphatic rings. The summed E-state index contributed by atoms with van der Waals surface area (Å²) in [5.41, 5.74) is 0.488. The summed E-state index contributed by atoms with van der Waals surface area (Å²) in [7, 11) is 0. The maximum absolute atomic E-state index is 9.52. The Bertz CT molecular complexity index is 934. The lowest BCUT2D eigenvalue weighted by Crippen LogP contribution is -2.25. The molecular formula is C28H36N4. The molecule has 0 amide bonds. The first-order valence-corrected chi connectivity index (χ1v) is 12.2. The van der Waals surface area contributed by atoms with Gasteiger partial charge in [0.1, 0.15) is 24.3 Å². The van der Waals surface area contributed by atoms with E-state index in [1.165, 1.54) is 77.0 Å². The van der Waals surface area contributed by atoms with Crippen LogP contribution in [0.5, 0.6) is 0 Å². The van der Waals surface area contributed by atoms with Crippen LogP contribution in [0.1, 0.15) is 125 Å². The zero-order valence-electron chi connectivity index (χ0n) is 19.7. The van der Waals surface area contributed by atoms with Crippen molar-refractivity contribution in [1.82, 2.24) is 0 Å². The van der Waals surface area contributed by atoms with Crippen LogP contribution in [0.3, 0.4) is 0 Å². The Morgan fingerprint density at radius 1 is 0.562 bits per heavy atom. The molecule has 1 aromatic rings. The predicted molar refractivity (Wildman–Crippen MR) is 129 cm³/mol. The summed E-state index contributed by atoms with van der Waals surface area (Å²) in [4.78, 5) is 0. The van der Waals surface area contributed by atoms with Crippen LogP contribution in [0, 0.1) is 45.3 Å². The number of hydrogen-bond acceptors (Lipinski definition) is 4. The van der Waals surface area contributed by atoms with E-state index in [0.29, 0.717) is 11.6 Å². The fourth-order valence-corrected chi connectivity index (χ4v) is 4.09. The van der Waals surface area contributed by atoms with E-state index in [2.05, 4.69) is 13.5 Å². The second-order valence-electron chi connectivity index (χ2n) is 8.43. The molecule has 1 aromatic carbocycles. The predicted octanol–water partition coefficient (Wildman–Crippen LogP) is 6.24. The van der Waals surface area contributed by atoms with Gasteiger partial charge in [-0.25, -0.2) is 0 Å². The highest BCUT2D eigenvalue weighted by atomic mass is 14.3. The van der Waals surface area contributed by atoms with E-state index >= 15 is 0 Å². The summed E-state index contributed by atoms with van der Waals surface area (Å²) in [5.74, 6) is 0. The van der Waals surface area contributed by atoms with Gasteiger partial charge in [0.25, 0.3) is 0 Å². The van der Waals surface area contributed by atoms with Gasteiger partial charge in [0.05, 0.1) is 22.3 Å². The molecule has 0 aliphatic heterocycles. The van der Waals surface area contributed by atoms with Gasteiger partial charge >= 0.3 is 0 Å². The third kappa shape index (κ3) is 8.58. The highest BCUT2D eigenvalue weighted by Crippen LogP contribution is 2.13. The molecule has 0 bridgehead atoms. The van der Waals surface area contributed by atoms with E-state index in [0.717, 1.165) is 12.8 Å². The van der Waals surface area contributed by atoms with Crippen LogP contribution in [-0.4, -0.2) is 0 Å². The topological polar surface area (TPSA) is 95.2 Å². The molecule has 0 aromatic heterocycles. The zero-order chi connectivity index (χ0) is 23.6. The largest absolute Gasteiger partial charge is 0.192 e. The van der Waals surface area contributed by atoms with Crippen LogP contribution in [0.2, 0.25) is 0 Å². The fraction of sp³-hybridized carbons (Fsp3) is 0.571. The minimum atomic E-state index is 0.0928. The molecule has 4 heteroatoms. The fourth-order valence-electron chi connectivity index (χ4n) is 4.09. The SMILES string of the molecule is C=c1c(C#N)c(C#N)c(=CCCCCCCCCCCCCCCCC)c(C#N)c1C#N. The van der Waals surface area contributed by atoms with E-state index in [1.807, 2.05) is 30.4 Å². The van der Waals surface area contributed by atoms with Crippen molar-refractivity contribution < 1.29 is 0 Å². The molecule has 0 radical (unpaired) electrons. The molecule has 32 heavy (non-hydrogen) atoms. The monoisotopic (exact) mass is 428 g/mol. The van der Waals surface area contributed by atoms with Crippen LogP contribution in [0.4, 0.5) is 0 Å². The van der Waals surface area contributed by atoms with Crippen LogP contribution < -0.4 is 10.4 Å². The van der Waals surface area contributed by atoms with Gasteiger partial charge in [0, 0.05) is 10.4 Å². The van der Waals surface area contributed by atoms with Crippen molar-refractivity contribution in [2.45, 2.75) is 103 Å². The number of rotatable bonds is 15. The zero-order valence-corrected chi connectivity index (χ0v) is 19.7. The normalized spacial score (nSPS) is 10.0. The van der Waals surface area contributed by atoms with Gasteiger partial charge < -0.3 is 0 Å². The van der Waals surface area contributed by atoms with E-state index in [1.54, 1.807) is 0 Å². The van der Waals surface area contributed by atoms with Crippen molar-refractivity contribution in [3.63, 3.8) is 0 Å². The van der Waals surface area contributed by atoms with Crippen molar-refractivity contribution >= 4 is 12.7 Å². The molecule has 0 atom stereocenters.